The summed E-state index contributed by atoms with van der Waals surface area (Å²) in [6.07, 6.45) is 1.63. The molecule has 0 bridgehead atoms. The van der Waals surface area contributed by atoms with Gasteiger partial charge in [0.25, 0.3) is 0 Å². The molecule has 1 atom stereocenters. The molecule has 3 aromatic carbocycles. The van der Waals surface area contributed by atoms with Gasteiger partial charge in [0.15, 0.2) is 11.5 Å². The molecular formula is C25H28N2O8S2. The van der Waals surface area contributed by atoms with E-state index >= 15 is 0 Å². The smallest absolute Gasteiger partial charge is 0.341 e. The monoisotopic (exact) mass is 548 g/mol. The molecule has 4 N–H and O–H groups in total. The quantitative estimate of drug-likeness (QED) is 0.206. The van der Waals surface area contributed by atoms with E-state index < -0.39 is 21.3 Å². The fraction of sp³-hybridized carbons (Fsp3) is 0.200. The van der Waals surface area contributed by atoms with E-state index in [0.29, 0.717) is 34.1 Å². The SMILES string of the molecule is COc1cc(OC)c(/C=C/[S+]([O-])Cc2ccc(OC)c(OS(=O)(=O)c3ccc(N)cc3N)c2)c(OC)c1. The molecule has 1 unspecified atom stereocenters. The lowest BCUT2D eigenvalue weighted by Crippen LogP contribution is -2.13. The molecule has 0 heterocycles. The summed E-state index contributed by atoms with van der Waals surface area (Å²) in [7, 11) is 1.63. The molecule has 10 nitrogen and oxygen atoms in total. The number of hydrogen-bond donors (Lipinski definition) is 2. The summed E-state index contributed by atoms with van der Waals surface area (Å²) in [4.78, 5) is -0.233. The lowest BCUT2D eigenvalue weighted by atomic mass is 10.1. The van der Waals surface area contributed by atoms with E-state index in [2.05, 4.69) is 0 Å². The highest BCUT2D eigenvalue weighted by atomic mass is 32.2. The molecule has 0 spiro atoms. The van der Waals surface area contributed by atoms with Gasteiger partial charge >= 0.3 is 10.1 Å². The number of methoxy groups -OCH3 is 4. The Labute approximate surface area is 219 Å². The summed E-state index contributed by atoms with van der Waals surface area (Å²) in [5.41, 5.74) is 12.9. The maximum atomic E-state index is 12.9. The summed E-state index contributed by atoms with van der Waals surface area (Å²) in [6.45, 7) is 0. The van der Waals surface area contributed by atoms with E-state index in [1.54, 1.807) is 24.3 Å². The number of nitrogens with two attached hydrogens (primary N) is 2. The fourth-order valence-electron chi connectivity index (χ4n) is 3.39. The Morgan fingerprint density at radius 2 is 1.49 bits per heavy atom. The molecule has 0 fully saturated rings. The Balaban J connectivity index is 1.84. The van der Waals surface area contributed by atoms with E-state index in [1.165, 1.54) is 64.2 Å². The van der Waals surface area contributed by atoms with Crippen molar-refractivity contribution in [1.29, 1.82) is 0 Å². The minimum Gasteiger partial charge on any atom is -0.612 e. The van der Waals surface area contributed by atoms with Crippen LogP contribution in [-0.2, 0) is 27.0 Å². The Hall–Kier alpha value is -3.74. The number of nitrogen functional groups attached to an aromatic ring is 2. The molecule has 198 valence electrons. The number of ether oxygens (including phenoxy) is 4. The van der Waals surface area contributed by atoms with Gasteiger partial charge in [0.2, 0.25) is 0 Å². The minimum atomic E-state index is -4.29. The zero-order chi connectivity index (χ0) is 27.2. The molecule has 3 aromatic rings. The summed E-state index contributed by atoms with van der Waals surface area (Å²) in [6, 6.07) is 12.0. The molecular weight excluding hydrogens is 520 g/mol. The molecule has 37 heavy (non-hydrogen) atoms. The predicted molar refractivity (Wildman–Crippen MR) is 143 cm³/mol. The predicted octanol–water partition coefficient (Wildman–Crippen LogP) is 3.57. The van der Waals surface area contributed by atoms with Gasteiger partial charge in [0.1, 0.15) is 33.3 Å². The lowest BCUT2D eigenvalue weighted by Gasteiger charge is -2.14. The molecule has 0 aliphatic carbocycles. The molecule has 0 aliphatic rings. The van der Waals surface area contributed by atoms with Crippen LogP contribution in [-0.4, -0.2) is 41.4 Å². The highest BCUT2D eigenvalue weighted by molar-refractivity contribution is 7.93. The fourth-order valence-corrected chi connectivity index (χ4v) is 5.32. The average molecular weight is 549 g/mol. The van der Waals surface area contributed by atoms with Crippen LogP contribution in [0.1, 0.15) is 11.1 Å². The van der Waals surface area contributed by atoms with Gasteiger partial charge in [-0.3, -0.25) is 0 Å². The first-order chi connectivity index (χ1) is 17.6. The lowest BCUT2D eigenvalue weighted by molar-refractivity contribution is 0.374. The van der Waals surface area contributed by atoms with E-state index in [4.69, 9.17) is 34.6 Å². The van der Waals surface area contributed by atoms with Crippen molar-refractivity contribution in [1.82, 2.24) is 0 Å². The summed E-state index contributed by atoms with van der Waals surface area (Å²) in [5, 5.41) is 1.49. The second kappa shape index (κ2) is 12.0. The van der Waals surface area contributed by atoms with Crippen molar-refractivity contribution >= 4 is 38.7 Å². The Morgan fingerprint density at radius 3 is 2.05 bits per heavy atom. The van der Waals surface area contributed by atoms with E-state index in [0.717, 1.165) is 0 Å². The van der Waals surface area contributed by atoms with E-state index in [1.807, 2.05) is 0 Å². The van der Waals surface area contributed by atoms with Crippen molar-refractivity contribution in [2.45, 2.75) is 10.6 Å². The number of rotatable bonds is 11. The van der Waals surface area contributed by atoms with Crippen LogP contribution in [0.15, 0.2) is 58.8 Å². The molecule has 0 aliphatic heterocycles. The number of anilines is 2. The Bertz CT molecular complexity index is 1370. The van der Waals surface area contributed by atoms with Crippen molar-refractivity contribution in [2.24, 2.45) is 0 Å². The van der Waals surface area contributed by atoms with Crippen LogP contribution >= 0.6 is 0 Å². The summed E-state index contributed by atoms with van der Waals surface area (Å²) >= 11 is -1.48. The van der Waals surface area contributed by atoms with Gasteiger partial charge in [-0.15, -0.1) is 0 Å². The first-order valence-electron chi connectivity index (χ1n) is 10.7. The largest absolute Gasteiger partial charge is 0.612 e. The second-order valence-corrected chi connectivity index (χ2v) is 10.4. The van der Waals surface area contributed by atoms with Crippen LogP contribution in [0.5, 0.6) is 28.7 Å². The third-order valence-electron chi connectivity index (χ3n) is 5.18. The zero-order valence-corrected chi connectivity index (χ0v) is 22.4. The molecule has 0 saturated carbocycles. The van der Waals surface area contributed by atoms with E-state index in [-0.39, 0.29) is 27.8 Å². The van der Waals surface area contributed by atoms with Crippen molar-refractivity contribution in [3.63, 3.8) is 0 Å². The van der Waals surface area contributed by atoms with Gasteiger partial charge in [-0.2, -0.15) is 8.42 Å². The highest BCUT2D eigenvalue weighted by Gasteiger charge is 2.23. The molecule has 0 amide bonds. The molecule has 12 heteroatoms. The van der Waals surface area contributed by atoms with Crippen LogP contribution in [0.4, 0.5) is 11.4 Å². The maximum absolute atomic E-state index is 12.9. The highest BCUT2D eigenvalue weighted by Crippen LogP contribution is 2.36. The van der Waals surface area contributed by atoms with Gasteiger partial charge in [-0.1, -0.05) is 6.07 Å². The van der Waals surface area contributed by atoms with Crippen LogP contribution in [0.2, 0.25) is 0 Å². The summed E-state index contributed by atoms with van der Waals surface area (Å²) in [5.74, 6) is 1.69. The Morgan fingerprint density at radius 1 is 0.838 bits per heavy atom. The minimum absolute atomic E-state index is 0.0502. The van der Waals surface area contributed by atoms with Crippen LogP contribution in [0.25, 0.3) is 6.08 Å². The van der Waals surface area contributed by atoms with Crippen molar-refractivity contribution in [3.8, 4) is 28.7 Å². The normalized spacial score (nSPS) is 12.2. The van der Waals surface area contributed by atoms with Gasteiger partial charge in [-0.05, 0) is 41.5 Å². The van der Waals surface area contributed by atoms with Gasteiger partial charge in [-0.25, -0.2) is 0 Å². The standard InChI is InChI=1S/C25H28N2O8S2/c1-31-18-13-22(33-3)19(23(14-18)34-4)9-10-36(28)15-16-5-7-21(32-2)24(11-16)35-37(29,30)25-8-6-17(26)12-20(25)27/h5-14H,15,26-27H2,1-4H3/b10-9+. The molecule has 0 radical (unpaired) electrons. The van der Waals surface area contributed by atoms with Crippen LogP contribution < -0.4 is 34.6 Å². The average Bonchev–Trinajstić information content (AvgIpc) is 2.86. The van der Waals surface area contributed by atoms with Gasteiger partial charge in [0, 0.05) is 29.5 Å². The van der Waals surface area contributed by atoms with Crippen molar-refractivity contribution in [3.05, 3.63) is 65.1 Å². The third-order valence-corrected chi connectivity index (χ3v) is 7.55. The van der Waals surface area contributed by atoms with E-state index in [9.17, 15) is 13.0 Å². The van der Waals surface area contributed by atoms with Crippen molar-refractivity contribution in [2.75, 3.05) is 39.9 Å². The third kappa shape index (κ3) is 6.73. The first kappa shape index (κ1) is 27.8. The molecule has 0 aromatic heterocycles. The second-order valence-electron chi connectivity index (χ2n) is 7.59. The van der Waals surface area contributed by atoms with Gasteiger partial charge < -0.3 is 39.2 Å². The van der Waals surface area contributed by atoms with Crippen LogP contribution in [0, 0.1) is 0 Å². The maximum Gasteiger partial charge on any atom is 0.341 e. The van der Waals surface area contributed by atoms with Crippen LogP contribution in [0.3, 0.4) is 0 Å². The molecule has 3 rings (SSSR count). The van der Waals surface area contributed by atoms with Gasteiger partial charge in [0.05, 0.1) is 39.7 Å². The number of benzene rings is 3. The first-order valence-corrected chi connectivity index (χ1v) is 13.5. The Kier molecular flexibility index (Phi) is 9.03. The number of hydrogen-bond acceptors (Lipinski definition) is 10. The van der Waals surface area contributed by atoms with Crippen molar-refractivity contribution < 1.29 is 36.1 Å². The summed E-state index contributed by atoms with van der Waals surface area (Å²) < 4.78 is 65.2. The topological polar surface area (TPSA) is 155 Å². The molecule has 0 saturated heterocycles. The zero-order valence-electron chi connectivity index (χ0n) is 20.7.